The van der Waals surface area contributed by atoms with Crippen molar-refractivity contribution in [1.29, 1.82) is 0 Å². The number of hydrogen-bond acceptors (Lipinski definition) is 4. The van der Waals surface area contributed by atoms with E-state index in [-0.39, 0.29) is 24.0 Å². The minimum Gasteiger partial charge on any atom is -0.381 e. The van der Waals surface area contributed by atoms with Gasteiger partial charge in [0, 0.05) is 58.6 Å². The predicted octanol–water partition coefficient (Wildman–Crippen LogP) is 2.72. The van der Waals surface area contributed by atoms with Crippen molar-refractivity contribution in [2.75, 3.05) is 59.2 Å². The first kappa shape index (κ1) is 25.9. The lowest BCUT2D eigenvalue weighted by atomic mass is 10.0. The van der Waals surface area contributed by atoms with Crippen molar-refractivity contribution in [3.8, 4) is 0 Å². The van der Waals surface area contributed by atoms with E-state index in [0.717, 1.165) is 84.4 Å². The van der Waals surface area contributed by atoms with E-state index in [1.165, 1.54) is 0 Å². The SMILES string of the molecule is CCNC(=NCCCOCC1CCOCC1)NCCN(CC)C(C)C.I. The number of likely N-dealkylation sites (N-methyl/N-ethyl adjacent to an activating group) is 1. The number of ether oxygens (including phenoxy) is 2. The lowest BCUT2D eigenvalue weighted by Crippen LogP contribution is -2.43. The molecule has 26 heavy (non-hydrogen) atoms. The third-order valence-corrected chi connectivity index (χ3v) is 4.58. The smallest absolute Gasteiger partial charge is 0.191 e. The Hall–Kier alpha value is -0.120. The highest BCUT2D eigenvalue weighted by Gasteiger charge is 2.13. The van der Waals surface area contributed by atoms with Crippen molar-refractivity contribution in [3.63, 3.8) is 0 Å². The molecule has 0 spiro atoms. The van der Waals surface area contributed by atoms with Gasteiger partial charge in [-0.25, -0.2) is 0 Å². The van der Waals surface area contributed by atoms with Crippen LogP contribution in [0.3, 0.4) is 0 Å². The van der Waals surface area contributed by atoms with Crippen molar-refractivity contribution in [2.24, 2.45) is 10.9 Å². The minimum absolute atomic E-state index is 0. The minimum atomic E-state index is 0. The van der Waals surface area contributed by atoms with Crippen LogP contribution in [0.25, 0.3) is 0 Å². The van der Waals surface area contributed by atoms with Gasteiger partial charge < -0.3 is 20.1 Å². The van der Waals surface area contributed by atoms with Crippen LogP contribution in [0.15, 0.2) is 4.99 Å². The van der Waals surface area contributed by atoms with E-state index < -0.39 is 0 Å². The fourth-order valence-electron chi connectivity index (χ4n) is 2.96. The van der Waals surface area contributed by atoms with Gasteiger partial charge in [0.15, 0.2) is 5.96 Å². The third kappa shape index (κ3) is 12.3. The molecule has 0 amide bonds. The molecule has 0 unspecified atom stereocenters. The van der Waals surface area contributed by atoms with Gasteiger partial charge in [0.1, 0.15) is 0 Å². The summed E-state index contributed by atoms with van der Waals surface area (Å²) >= 11 is 0. The molecule has 1 rings (SSSR count). The normalized spacial score (nSPS) is 16.0. The largest absolute Gasteiger partial charge is 0.381 e. The molecular formula is C19H41IN4O2. The third-order valence-electron chi connectivity index (χ3n) is 4.58. The Kier molecular flexibility index (Phi) is 16.9. The van der Waals surface area contributed by atoms with Crippen molar-refractivity contribution in [2.45, 2.75) is 53.0 Å². The van der Waals surface area contributed by atoms with Crippen LogP contribution in [0, 0.1) is 5.92 Å². The van der Waals surface area contributed by atoms with E-state index >= 15 is 0 Å². The van der Waals surface area contributed by atoms with Gasteiger partial charge in [-0.1, -0.05) is 6.92 Å². The van der Waals surface area contributed by atoms with Crippen LogP contribution in [0.1, 0.15) is 47.0 Å². The predicted molar refractivity (Wildman–Crippen MR) is 121 cm³/mol. The van der Waals surface area contributed by atoms with E-state index in [1.54, 1.807) is 0 Å². The summed E-state index contributed by atoms with van der Waals surface area (Å²) in [6.07, 6.45) is 3.24. The summed E-state index contributed by atoms with van der Waals surface area (Å²) in [4.78, 5) is 7.09. The average Bonchev–Trinajstić information content (AvgIpc) is 2.62. The molecule has 0 radical (unpaired) electrons. The van der Waals surface area contributed by atoms with E-state index in [0.29, 0.717) is 12.0 Å². The molecule has 0 aromatic heterocycles. The summed E-state index contributed by atoms with van der Waals surface area (Å²) in [6.45, 7) is 16.9. The number of aliphatic imine (C=N–C) groups is 1. The van der Waals surface area contributed by atoms with Crippen molar-refractivity contribution in [3.05, 3.63) is 0 Å². The zero-order valence-corrected chi connectivity index (χ0v) is 19.6. The van der Waals surface area contributed by atoms with Gasteiger partial charge in [-0.3, -0.25) is 9.89 Å². The van der Waals surface area contributed by atoms with Crippen LogP contribution >= 0.6 is 24.0 Å². The first-order valence-corrected chi connectivity index (χ1v) is 10.1. The van der Waals surface area contributed by atoms with Crippen molar-refractivity contribution < 1.29 is 9.47 Å². The van der Waals surface area contributed by atoms with Gasteiger partial charge in [-0.2, -0.15) is 0 Å². The lowest BCUT2D eigenvalue weighted by Gasteiger charge is -2.25. The quantitative estimate of drug-likeness (QED) is 0.193. The van der Waals surface area contributed by atoms with Crippen LogP contribution in [0.2, 0.25) is 0 Å². The zero-order valence-electron chi connectivity index (χ0n) is 17.3. The fraction of sp³-hybridized carbons (Fsp3) is 0.947. The van der Waals surface area contributed by atoms with Gasteiger partial charge in [-0.05, 0) is 52.5 Å². The standard InChI is InChI=1S/C19H40N4O2.HI/c1-5-20-19(22-11-12-23(6-2)17(3)4)21-10-7-13-25-16-18-8-14-24-15-9-18;/h17-18H,5-16H2,1-4H3,(H2,20,21,22);1H. The molecule has 0 aromatic carbocycles. The van der Waals surface area contributed by atoms with E-state index in [1.807, 2.05) is 0 Å². The van der Waals surface area contributed by atoms with Gasteiger partial charge in [-0.15, -0.1) is 24.0 Å². The molecule has 6 nitrogen and oxygen atoms in total. The molecule has 1 aliphatic rings. The monoisotopic (exact) mass is 484 g/mol. The maximum atomic E-state index is 5.80. The molecule has 2 N–H and O–H groups in total. The number of rotatable bonds is 12. The number of nitrogens with one attached hydrogen (secondary N) is 2. The first-order chi connectivity index (χ1) is 12.2. The molecule has 1 saturated heterocycles. The number of halogens is 1. The Balaban J connectivity index is 0.00000625. The highest BCUT2D eigenvalue weighted by atomic mass is 127. The second-order valence-corrected chi connectivity index (χ2v) is 6.89. The zero-order chi connectivity index (χ0) is 18.3. The summed E-state index contributed by atoms with van der Waals surface area (Å²) < 4.78 is 11.2. The number of nitrogens with zero attached hydrogens (tertiary/aromatic N) is 2. The van der Waals surface area contributed by atoms with Crippen molar-refractivity contribution >= 4 is 29.9 Å². The van der Waals surface area contributed by atoms with Crippen LogP contribution in [-0.4, -0.2) is 76.1 Å². The highest BCUT2D eigenvalue weighted by Crippen LogP contribution is 2.14. The maximum Gasteiger partial charge on any atom is 0.191 e. The summed E-state index contributed by atoms with van der Waals surface area (Å²) in [5.74, 6) is 1.59. The molecule has 0 atom stereocenters. The maximum absolute atomic E-state index is 5.80. The average molecular weight is 484 g/mol. The molecule has 0 bridgehead atoms. The lowest BCUT2D eigenvalue weighted by molar-refractivity contribution is 0.0205. The number of guanidine groups is 1. The second kappa shape index (κ2) is 17.0. The van der Waals surface area contributed by atoms with Gasteiger partial charge >= 0.3 is 0 Å². The highest BCUT2D eigenvalue weighted by molar-refractivity contribution is 14.0. The Labute approximate surface area is 177 Å². The van der Waals surface area contributed by atoms with E-state index in [9.17, 15) is 0 Å². The fourth-order valence-corrected chi connectivity index (χ4v) is 2.96. The Morgan fingerprint density at radius 1 is 1.23 bits per heavy atom. The van der Waals surface area contributed by atoms with Crippen LogP contribution in [0.5, 0.6) is 0 Å². The molecule has 0 aliphatic carbocycles. The summed E-state index contributed by atoms with van der Waals surface area (Å²) in [5, 5.41) is 6.74. The summed E-state index contributed by atoms with van der Waals surface area (Å²) in [6, 6.07) is 0.583. The second-order valence-electron chi connectivity index (χ2n) is 6.89. The summed E-state index contributed by atoms with van der Waals surface area (Å²) in [5.41, 5.74) is 0. The molecule has 7 heteroatoms. The molecule has 1 fully saturated rings. The molecular weight excluding hydrogens is 443 g/mol. The number of hydrogen-bond donors (Lipinski definition) is 2. The molecule has 1 aliphatic heterocycles. The molecule has 156 valence electrons. The Morgan fingerprint density at radius 2 is 1.96 bits per heavy atom. The summed E-state index contributed by atoms with van der Waals surface area (Å²) in [7, 11) is 0. The van der Waals surface area contributed by atoms with E-state index in [4.69, 9.17) is 9.47 Å². The topological polar surface area (TPSA) is 58.1 Å². The Morgan fingerprint density at radius 3 is 2.58 bits per heavy atom. The Bertz CT molecular complexity index is 350. The van der Waals surface area contributed by atoms with E-state index in [2.05, 4.69) is 48.2 Å². The molecule has 0 aromatic rings. The molecule has 1 heterocycles. The molecule has 0 saturated carbocycles. The van der Waals surface area contributed by atoms with Gasteiger partial charge in [0.2, 0.25) is 0 Å². The van der Waals surface area contributed by atoms with Crippen LogP contribution < -0.4 is 10.6 Å². The van der Waals surface area contributed by atoms with Crippen LogP contribution in [-0.2, 0) is 9.47 Å². The van der Waals surface area contributed by atoms with Crippen molar-refractivity contribution in [1.82, 2.24) is 15.5 Å². The first-order valence-electron chi connectivity index (χ1n) is 10.1. The van der Waals surface area contributed by atoms with Crippen LogP contribution in [0.4, 0.5) is 0 Å². The van der Waals surface area contributed by atoms with Gasteiger partial charge in [0.25, 0.3) is 0 Å². The van der Waals surface area contributed by atoms with Gasteiger partial charge in [0.05, 0.1) is 0 Å².